The highest BCUT2D eigenvalue weighted by molar-refractivity contribution is 6.17. The first-order valence-electron chi connectivity index (χ1n) is 4.73. The average Bonchev–Trinajstić information content (AvgIpc) is 2.14. The lowest BCUT2D eigenvalue weighted by Crippen LogP contribution is -2.35. The summed E-state index contributed by atoms with van der Waals surface area (Å²) in [6.07, 6.45) is 4.58. The molecular weight excluding hydrogens is 186 g/mol. The molecule has 0 N–H and O–H groups in total. The van der Waals surface area contributed by atoms with Gasteiger partial charge in [0, 0.05) is 25.4 Å². The summed E-state index contributed by atoms with van der Waals surface area (Å²) >= 11 is 5.53. The first-order valence-corrected chi connectivity index (χ1v) is 5.27. The number of halogens is 1. The molecule has 0 aromatic carbocycles. The van der Waals surface area contributed by atoms with E-state index in [2.05, 4.69) is 13.0 Å². The van der Waals surface area contributed by atoms with Crippen LogP contribution in [0, 0.1) is 0 Å². The molecule has 0 bridgehead atoms. The van der Waals surface area contributed by atoms with E-state index in [0.717, 1.165) is 25.9 Å². The Morgan fingerprint density at radius 3 is 3.08 bits per heavy atom. The third-order valence-corrected chi connectivity index (χ3v) is 2.48. The van der Waals surface area contributed by atoms with Crippen LogP contribution in [0.4, 0.5) is 0 Å². The maximum Gasteiger partial charge on any atom is 0.222 e. The number of nitrogens with zero attached hydrogens (tertiary/aromatic N) is 1. The summed E-state index contributed by atoms with van der Waals surface area (Å²) in [6, 6.07) is 0. The van der Waals surface area contributed by atoms with Gasteiger partial charge in [-0.25, -0.2) is 0 Å². The highest BCUT2D eigenvalue weighted by atomic mass is 35.5. The van der Waals surface area contributed by atoms with Gasteiger partial charge in [-0.3, -0.25) is 4.79 Å². The molecule has 13 heavy (non-hydrogen) atoms. The van der Waals surface area contributed by atoms with Crippen molar-refractivity contribution in [1.29, 1.82) is 0 Å². The summed E-state index contributed by atoms with van der Waals surface area (Å²) in [6.45, 7) is 3.75. The summed E-state index contributed by atoms with van der Waals surface area (Å²) in [4.78, 5) is 13.5. The zero-order valence-corrected chi connectivity index (χ0v) is 8.81. The van der Waals surface area contributed by atoms with Crippen LogP contribution in [0.2, 0.25) is 0 Å². The Kier molecular flexibility index (Phi) is 4.29. The molecule has 1 amide bonds. The fourth-order valence-corrected chi connectivity index (χ4v) is 1.63. The highest BCUT2D eigenvalue weighted by Gasteiger charge is 2.15. The van der Waals surface area contributed by atoms with Crippen molar-refractivity contribution in [1.82, 2.24) is 4.90 Å². The smallest absolute Gasteiger partial charge is 0.222 e. The van der Waals surface area contributed by atoms with E-state index in [1.165, 1.54) is 5.57 Å². The fourth-order valence-electron chi connectivity index (χ4n) is 1.50. The molecule has 2 nitrogen and oxygen atoms in total. The minimum Gasteiger partial charge on any atom is -0.338 e. The van der Waals surface area contributed by atoms with Crippen molar-refractivity contribution in [2.24, 2.45) is 0 Å². The topological polar surface area (TPSA) is 20.3 Å². The molecule has 3 heteroatoms. The van der Waals surface area contributed by atoms with E-state index in [1.807, 2.05) is 4.90 Å². The van der Waals surface area contributed by atoms with Crippen molar-refractivity contribution in [2.45, 2.75) is 26.2 Å². The van der Waals surface area contributed by atoms with Crippen LogP contribution in [-0.4, -0.2) is 29.8 Å². The van der Waals surface area contributed by atoms with Crippen molar-refractivity contribution in [3.8, 4) is 0 Å². The Bertz CT molecular complexity index is 213. The molecular formula is C10H16ClNO. The molecule has 1 aliphatic heterocycles. The van der Waals surface area contributed by atoms with Crippen LogP contribution >= 0.6 is 11.6 Å². The third kappa shape index (κ3) is 3.39. The van der Waals surface area contributed by atoms with E-state index in [4.69, 9.17) is 11.6 Å². The number of rotatable bonds is 3. The molecule has 0 spiro atoms. The van der Waals surface area contributed by atoms with Gasteiger partial charge in [0.1, 0.15) is 0 Å². The van der Waals surface area contributed by atoms with Gasteiger partial charge in [0.25, 0.3) is 0 Å². The zero-order valence-electron chi connectivity index (χ0n) is 8.05. The van der Waals surface area contributed by atoms with Crippen LogP contribution in [0.25, 0.3) is 0 Å². The molecule has 0 radical (unpaired) electrons. The van der Waals surface area contributed by atoms with E-state index >= 15 is 0 Å². The minimum absolute atomic E-state index is 0.244. The molecule has 1 aliphatic rings. The summed E-state index contributed by atoms with van der Waals surface area (Å²) in [7, 11) is 0. The van der Waals surface area contributed by atoms with Gasteiger partial charge in [-0.1, -0.05) is 11.6 Å². The Morgan fingerprint density at radius 2 is 2.46 bits per heavy atom. The molecule has 0 aromatic heterocycles. The van der Waals surface area contributed by atoms with Crippen molar-refractivity contribution in [3.63, 3.8) is 0 Å². The fraction of sp³-hybridized carbons (Fsp3) is 0.700. The second-order valence-corrected chi connectivity index (χ2v) is 3.82. The van der Waals surface area contributed by atoms with E-state index in [9.17, 15) is 4.79 Å². The molecule has 74 valence electrons. The summed E-state index contributed by atoms with van der Waals surface area (Å²) in [5, 5.41) is 0. The van der Waals surface area contributed by atoms with Gasteiger partial charge in [-0.05, 0) is 19.8 Å². The monoisotopic (exact) mass is 201 g/mol. The Balaban J connectivity index is 2.35. The average molecular weight is 202 g/mol. The normalized spacial score (nSPS) is 17.1. The van der Waals surface area contributed by atoms with Gasteiger partial charge in [0.2, 0.25) is 5.91 Å². The molecule has 0 fully saturated rings. The van der Waals surface area contributed by atoms with E-state index in [0.29, 0.717) is 12.3 Å². The van der Waals surface area contributed by atoms with Crippen LogP contribution in [-0.2, 0) is 4.79 Å². The zero-order chi connectivity index (χ0) is 9.68. The van der Waals surface area contributed by atoms with E-state index in [1.54, 1.807) is 0 Å². The highest BCUT2D eigenvalue weighted by Crippen LogP contribution is 2.10. The lowest BCUT2D eigenvalue weighted by Gasteiger charge is -2.26. The minimum atomic E-state index is 0.244. The van der Waals surface area contributed by atoms with Crippen LogP contribution in [0.1, 0.15) is 26.2 Å². The van der Waals surface area contributed by atoms with E-state index < -0.39 is 0 Å². The Labute approximate surface area is 84.6 Å². The molecule has 0 atom stereocenters. The van der Waals surface area contributed by atoms with E-state index in [-0.39, 0.29) is 5.91 Å². The summed E-state index contributed by atoms with van der Waals surface area (Å²) < 4.78 is 0. The largest absolute Gasteiger partial charge is 0.338 e. The molecule has 0 saturated carbocycles. The Morgan fingerprint density at radius 1 is 1.69 bits per heavy atom. The SMILES string of the molecule is CC1=CCCN(C(=O)CCCCl)C1. The van der Waals surface area contributed by atoms with Gasteiger partial charge in [0.05, 0.1) is 0 Å². The van der Waals surface area contributed by atoms with Crippen LogP contribution in [0.15, 0.2) is 11.6 Å². The third-order valence-electron chi connectivity index (χ3n) is 2.21. The Hall–Kier alpha value is -0.500. The maximum absolute atomic E-state index is 11.5. The predicted molar refractivity (Wildman–Crippen MR) is 54.9 cm³/mol. The molecule has 0 aromatic rings. The van der Waals surface area contributed by atoms with Crippen molar-refractivity contribution >= 4 is 17.5 Å². The van der Waals surface area contributed by atoms with Gasteiger partial charge >= 0.3 is 0 Å². The van der Waals surface area contributed by atoms with Crippen LogP contribution in [0.3, 0.4) is 0 Å². The molecule has 0 aliphatic carbocycles. The number of alkyl halides is 1. The van der Waals surface area contributed by atoms with Crippen molar-refractivity contribution in [2.75, 3.05) is 19.0 Å². The molecule has 1 heterocycles. The van der Waals surface area contributed by atoms with Gasteiger partial charge in [0.15, 0.2) is 0 Å². The summed E-state index contributed by atoms with van der Waals surface area (Å²) in [5.41, 5.74) is 1.30. The number of amides is 1. The lowest BCUT2D eigenvalue weighted by atomic mass is 10.1. The lowest BCUT2D eigenvalue weighted by molar-refractivity contribution is -0.131. The van der Waals surface area contributed by atoms with Gasteiger partial charge in [-0.2, -0.15) is 0 Å². The van der Waals surface area contributed by atoms with Crippen LogP contribution < -0.4 is 0 Å². The van der Waals surface area contributed by atoms with Gasteiger partial charge in [-0.15, -0.1) is 11.6 Å². The first kappa shape index (κ1) is 10.6. The van der Waals surface area contributed by atoms with Crippen LogP contribution in [0.5, 0.6) is 0 Å². The number of hydrogen-bond acceptors (Lipinski definition) is 1. The quantitative estimate of drug-likeness (QED) is 0.507. The number of hydrogen-bond donors (Lipinski definition) is 0. The molecule has 0 unspecified atom stereocenters. The predicted octanol–water partition coefficient (Wildman–Crippen LogP) is 2.18. The van der Waals surface area contributed by atoms with Gasteiger partial charge < -0.3 is 4.90 Å². The maximum atomic E-state index is 11.5. The second-order valence-electron chi connectivity index (χ2n) is 3.45. The van der Waals surface area contributed by atoms with Crippen molar-refractivity contribution in [3.05, 3.63) is 11.6 Å². The summed E-state index contributed by atoms with van der Waals surface area (Å²) in [5.74, 6) is 0.821. The molecule has 1 rings (SSSR count). The first-order chi connectivity index (χ1) is 6.24. The van der Waals surface area contributed by atoms with Crippen molar-refractivity contribution < 1.29 is 4.79 Å². The standard InChI is InChI=1S/C10H16ClNO/c1-9-4-3-7-12(8-9)10(13)5-2-6-11/h4H,2-3,5-8H2,1H3. The second kappa shape index (κ2) is 5.28. The number of carbonyl (C=O) groups is 1. The number of carbonyl (C=O) groups excluding carboxylic acids is 1. The molecule has 0 saturated heterocycles.